The van der Waals surface area contributed by atoms with Crippen LogP contribution in [0.25, 0.3) is 11.0 Å². The van der Waals surface area contributed by atoms with Crippen molar-refractivity contribution in [1.82, 2.24) is 0 Å². The van der Waals surface area contributed by atoms with E-state index in [4.69, 9.17) is 10.2 Å². The Labute approximate surface area is 79.3 Å². The first-order valence-electron chi connectivity index (χ1n) is 4.13. The summed E-state index contributed by atoms with van der Waals surface area (Å²) in [4.78, 5) is 0. The quantitative estimate of drug-likeness (QED) is 0.713. The maximum atomic E-state index is 13.0. The van der Waals surface area contributed by atoms with Gasteiger partial charge in [0.15, 0.2) is 5.58 Å². The summed E-state index contributed by atoms with van der Waals surface area (Å²) in [7, 11) is 0. The molecule has 14 heavy (non-hydrogen) atoms. The van der Waals surface area contributed by atoms with Crippen molar-refractivity contribution in [2.75, 3.05) is 5.73 Å². The number of benzene rings is 1. The van der Waals surface area contributed by atoms with Gasteiger partial charge in [0.1, 0.15) is 0 Å². The van der Waals surface area contributed by atoms with Crippen molar-refractivity contribution in [2.45, 2.75) is 12.8 Å². The fraction of sp³-hybridized carbons (Fsp3) is 0.200. The van der Waals surface area contributed by atoms with Gasteiger partial charge in [0.2, 0.25) is 0 Å². The van der Waals surface area contributed by atoms with E-state index < -0.39 is 5.92 Å². The second-order valence-electron chi connectivity index (χ2n) is 3.29. The van der Waals surface area contributed by atoms with Gasteiger partial charge in [-0.05, 0) is 18.2 Å². The van der Waals surface area contributed by atoms with Gasteiger partial charge in [-0.15, -0.1) is 0 Å². The number of rotatable bonds is 1. The third-order valence-corrected chi connectivity index (χ3v) is 2.09. The van der Waals surface area contributed by atoms with Gasteiger partial charge in [-0.1, -0.05) is 0 Å². The summed E-state index contributed by atoms with van der Waals surface area (Å²) in [5, 5.41) is 0.599. The lowest BCUT2D eigenvalue weighted by molar-refractivity contribution is 0.0176. The molecule has 1 aromatic carbocycles. The SMILES string of the molecule is CC(F)(F)c1cc(N)c2occc2c1. The molecule has 1 heterocycles. The van der Waals surface area contributed by atoms with E-state index in [1.165, 1.54) is 18.4 Å². The van der Waals surface area contributed by atoms with Crippen LogP contribution in [0.5, 0.6) is 0 Å². The molecule has 0 spiro atoms. The summed E-state index contributed by atoms with van der Waals surface area (Å²) in [6.07, 6.45) is 1.43. The first-order chi connectivity index (χ1) is 6.48. The van der Waals surface area contributed by atoms with Crippen LogP contribution in [0.4, 0.5) is 14.5 Å². The average molecular weight is 197 g/mol. The Kier molecular flexibility index (Phi) is 1.74. The van der Waals surface area contributed by atoms with Crippen molar-refractivity contribution in [3.05, 3.63) is 30.0 Å². The van der Waals surface area contributed by atoms with Crippen molar-refractivity contribution in [3.8, 4) is 0 Å². The summed E-state index contributed by atoms with van der Waals surface area (Å²) in [6.45, 7) is 0.841. The van der Waals surface area contributed by atoms with Crippen molar-refractivity contribution in [3.63, 3.8) is 0 Å². The first kappa shape index (κ1) is 8.99. The normalized spacial score (nSPS) is 12.2. The van der Waals surface area contributed by atoms with E-state index in [1.807, 2.05) is 0 Å². The van der Waals surface area contributed by atoms with Crippen LogP contribution in [-0.2, 0) is 5.92 Å². The molecule has 0 amide bonds. The van der Waals surface area contributed by atoms with E-state index in [0.29, 0.717) is 11.0 Å². The Hall–Kier alpha value is -1.58. The van der Waals surface area contributed by atoms with Gasteiger partial charge >= 0.3 is 0 Å². The largest absolute Gasteiger partial charge is 0.462 e. The Bertz CT molecular complexity index is 470. The lowest BCUT2D eigenvalue weighted by Gasteiger charge is -2.11. The Morgan fingerprint density at radius 3 is 2.71 bits per heavy atom. The zero-order chi connectivity index (χ0) is 10.3. The molecule has 0 aliphatic rings. The fourth-order valence-corrected chi connectivity index (χ4v) is 1.36. The minimum absolute atomic E-state index is 0.0936. The van der Waals surface area contributed by atoms with Gasteiger partial charge in [0, 0.05) is 17.9 Å². The molecule has 0 fully saturated rings. The molecule has 2 aromatic rings. The van der Waals surface area contributed by atoms with Gasteiger partial charge < -0.3 is 10.2 Å². The molecule has 2 nitrogen and oxygen atoms in total. The molecule has 0 saturated heterocycles. The molecule has 0 atom stereocenters. The second-order valence-corrected chi connectivity index (χ2v) is 3.29. The van der Waals surface area contributed by atoms with Crippen LogP contribution in [0.2, 0.25) is 0 Å². The number of halogens is 2. The monoisotopic (exact) mass is 197 g/mol. The highest BCUT2D eigenvalue weighted by Crippen LogP contribution is 2.33. The molecule has 4 heteroatoms. The number of furan rings is 1. The molecule has 74 valence electrons. The first-order valence-corrected chi connectivity index (χ1v) is 4.13. The van der Waals surface area contributed by atoms with Gasteiger partial charge in [0.05, 0.1) is 12.0 Å². The van der Waals surface area contributed by atoms with Crippen molar-refractivity contribution >= 4 is 16.7 Å². The molecular formula is C10H9F2NO. The minimum atomic E-state index is -2.88. The van der Waals surface area contributed by atoms with Gasteiger partial charge in [0.25, 0.3) is 5.92 Å². The van der Waals surface area contributed by atoms with Crippen molar-refractivity contribution in [1.29, 1.82) is 0 Å². The van der Waals surface area contributed by atoms with Crippen LogP contribution >= 0.6 is 0 Å². The van der Waals surface area contributed by atoms with Crippen molar-refractivity contribution < 1.29 is 13.2 Å². The molecule has 0 unspecified atom stereocenters. The fourth-order valence-electron chi connectivity index (χ4n) is 1.36. The average Bonchev–Trinajstić information content (AvgIpc) is 2.50. The van der Waals surface area contributed by atoms with E-state index in [0.717, 1.165) is 6.92 Å². The van der Waals surface area contributed by atoms with E-state index in [2.05, 4.69) is 0 Å². The summed E-state index contributed by atoms with van der Waals surface area (Å²) < 4.78 is 31.0. The smallest absolute Gasteiger partial charge is 0.270 e. The van der Waals surface area contributed by atoms with Crippen LogP contribution in [0.1, 0.15) is 12.5 Å². The van der Waals surface area contributed by atoms with Gasteiger partial charge in [-0.2, -0.15) is 0 Å². The molecule has 2 N–H and O–H groups in total. The van der Waals surface area contributed by atoms with Crippen LogP contribution in [0.15, 0.2) is 28.9 Å². The standard InChI is InChI=1S/C10H9F2NO/c1-10(11,12)7-4-6-2-3-14-9(6)8(13)5-7/h2-5H,13H2,1H3. The molecule has 0 saturated carbocycles. The highest BCUT2D eigenvalue weighted by molar-refractivity contribution is 5.88. The second kappa shape index (κ2) is 2.70. The summed E-state index contributed by atoms with van der Waals surface area (Å²) in [5.41, 5.74) is 6.17. The lowest BCUT2D eigenvalue weighted by atomic mass is 10.1. The third-order valence-electron chi connectivity index (χ3n) is 2.09. The number of nitrogen functional groups attached to an aromatic ring is 1. The van der Waals surface area contributed by atoms with Crippen LogP contribution in [-0.4, -0.2) is 0 Å². The third kappa shape index (κ3) is 1.32. The maximum Gasteiger partial charge on any atom is 0.270 e. The number of anilines is 1. The number of alkyl halides is 2. The number of hydrogen-bond acceptors (Lipinski definition) is 2. The predicted octanol–water partition coefficient (Wildman–Crippen LogP) is 3.13. The Morgan fingerprint density at radius 2 is 2.07 bits per heavy atom. The van der Waals surface area contributed by atoms with Crippen LogP contribution < -0.4 is 5.73 Å². The summed E-state index contributed by atoms with van der Waals surface area (Å²) in [5.74, 6) is -2.88. The summed E-state index contributed by atoms with van der Waals surface area (Å²) in [6, 6.07) is 4.24. The molecule has 0 aliphatic heterocycles. The van der Waals surface area contributed by atoms with E-state index >= 15 is 0 Å². The summed E-state index contributed by atoms with van der Waals surface area (Å²) >= 11 is 0. The zero-order valence-electron chi connectivity index (χ0n) is 7.55. The number of fused-ring (bicyclic) bond motifs is 1. The molecule has 0 radical (unpaired) electrons. The van der Waals surface area contributed by atoms with E-state index in [-0.39, 0.29) is 11.3 Å². The van der Waals surface area contributed by atoms with E-state index in [1.54, 1.807) is 6.07 Å². The topological polar surface area (TPSA) is 39.2 Å². The molecule has 0 aliphatic carbocycles. The molecular weight excluding hydrogens is 188 g/mol. The Morgan fingerprint density at radius 1 is 1.36 bits per heavy atom. The number of hydrogen-bond donors (Lipinski definition) is 1. The lowest BCUT2D eigenvalue weighted by Crippen LogP contribution is -2.07. The van der Waals surface area contributed by atoms with Crippen LogP contribution in [0, 0.1) is 0 Å². The zero-order valence-corrected chi connectivity index (χ0v) is 7.55. The minimum Gasteiger partial charge on any atom is -0.462 e. The molecule has 0 bridgehead atoms. The highest BCUT2D eigenvalue weighted by atomic mass is 19.3. The van der Waals surface area contributed by atoms with E-state index in [9.17, 15) is 8.78 Å². The van der Waals surface area contributed by atoms with Crippen LogP contribution in [0.3, 0.4) is 0 Å². The van der Waals surface area contributed by atoms with Gasteiger partial charge in [-0.25, -0.2) is 8.78 Å². The Balaban J connectivity index is 2.70. The maximum absolute atomic E-state index is 13.0. The predicted molar refractivity (Wildman–Crippen MR) is 50.2 cm³/mol. The molecule has 2 rings (SSSR count). The number of nitrogens with two attached hydrogens (primary N) is 1. The molecule has 1 aromatic heterocycles. The van der Waals surface area contributed by atoms with Crippen molar-refractivity contribution in [2.24, 2.45) is 0 Å². The van der Waals surface area contributed by atoms with Gasteiger partial charge in [-0.3, -0.25) is 0 Å². The highest BCUT2D eigenvalue weighted by Gasteiger charge is 2.25.